The number of aliphatic hydroxyl groups is 1. The third-order valence-electron chi connectivity index (χ3n) is 3.94. The van der Waals surface area contributed by atoms with Crippen molar-refractivity contribution in [2.24, 2.45) is 5.41 Å². The van der Waals surface area contributed by atoms with Crippen molar-refractivity contribution < 1.29 is 13.5 Å². The zero-order valence-corrected chi connectivity index (χ0v) is 14.4. The maximum Gasteiger partial charge on any atom is 0.244 e. The minimum atomic E-state index is -3.69. The third kappa shape index (κ3) is 3.54. The van der Waals surface area contributed by atoms with Crippen LogP contribution in [0.25, 0.3) is 0 Å². The van der Waals surface area contributed by atoms with E-state index >= 15 is 0 Å². The fourth-order valence-corrected chi connectivity index (χ4v) is 4.73. The van der Waals surface area contributed by atoms with Gasteiger partial charge in [-0.3, -0.25) is 0 Å². The van der Waals surface area contributed by atoms with Gasteiger partial charge in [0.15, 0.2) is 0 Å². The van der Waals surface area contributed by atoms with Crippen LogP contribution < -0.4 is 0 Å². The highest BCUT2D eigenvalue weighted by Gasteiger charge is 2.34. The Bertz CT molecular complexity index is 634. The summed E-state index contributed by atoms with van der Waals surface area (Å²) in [6, 6.07) is 2.82. The molecule has 4 nitrogen and oxygen atoms in total. The smallest absolute Gasteiger partial charge is 0.244 e. The molecular formula is C14H19Cl2NO3S. The predicted octanol–water partition coefficient (Wildman–Crippen LogP) is 3.30. The lowest BCUT2D eigenvalue weighted by Crippen LogP contribution is -2.41. The summed E-state index contributed by atoms with van der Waals surface area (Å²) in [6.45, 7) is 4.84. The molecule has 1 N–H and O–H groups in total. The summed E-state index contributed by atoms with van der Waals surface area (Å²) in [6.07, 6.45) is 1.61. The second-order valence-corrected chi connectivity index (χ2v) is 8.82. The van der Waals surface area contributed by atoms with Crippen LogP contribution in [0.5, 0.6) is 0 Å². The Labute approximate surface area is 135 Å². The molecule has 0 unspecified atom stereocenters. The largest absolute Gasteiger partial charge is 0.392 e. The number of benzene rings is 1. The lowest BCUT2D eigenvalue weighted by atomic mass is 9.83. The Hall–Kier alpha value is -0.330. The van der Waals surface area contributed by atoms with Crippen molar-refractivity contribution in [3.63, 3.8) is 0 Å². The van der Waals surface area contributed by atoms with Gasteiger partial charge in [0.05, 0.1) is 11.6 Å². The molecule has 0 aromatic heterocycles. The molecule has 2 rings (SSSR count). The first kappa shape index (κ1) is 17.0. The first-order valence-corrected chi connectivity index (χ1v) is 8.96. The third-order valence-corrected chi connectivity index (χ3v) is 6.64. The van der Waals surface area contributed by atoms with Crippen molar-refractivity contribution in [3.05, 3.63) is 27.7 Å². The number of hydrogen-bond acceptors (Lipinski definition) is 3. The first-order chi connectivity index (χ1) is 9.67. The van der Waals surface area contributed by atoms with Crippen molar-refractivity contribution in [2.45, 2.75) is 38.2 Å². The van der Waals surface area contributed by atoms with E-state index in [0.717, 1.165) is 12.8 Å². The minimum absolute atomic E-state index is 0.0274. The van der Waals surface area contributed by atoms with E-state index < -0.39 is 10.0 Å². The molecule has 7 heteroatoms. The average Bonchev–Trinajstić information content (AvgIpc) is 2.40. The van der Waals surface area contributed by atoms with Crippen molar-refractivity contribution in [1.29, 1.82) is 0 Å². The summed E-state index contributed by atoms with van der Waals surface area (Å²) in [5.41, 5.74) is 0.473. The summed E-state index contributed by atoms with van der Waals surface area (Å²) < 4.78 is 26.9. The van der Waals surface area contributed by atoms with Crippen LogP contribution in [-0.4, -0.2) is 30.9 Å². The Balaban J connectivity index is 2.39. The topological polar surface area (TPSA) is 57.6 Å². The minimum Gasteiger partial charge on any atom is -0.392 e. The normalized spacial score (nSPS) is 19.7. The van der Waals surface area contributed by atoms with E-state index in [9.17, 15) is 13.5 Å². The second-order valence-electron chi connectivity index (χ2n) is 6.10. The van der Waals surface area contributed by atoms with E-state index in [1.54, 1.807) is 0 Å². The number of rotatable bonds is 3. The molecule has 0 aliphatic carbocycles. The van der Waals surface area contributed by atoms with Gasteiger partial charge in [0.1, 0.15) is 4.90 Å². The first-order valence-electron chi connectivity index (χ1n) is 6.76. The molecule has 1 aromatic carbocycles. The Morgan fingerprint density at radius 3 is 2.33 bits per heavy atom. The highest BCUT2D eigenvalue weighted by Crippen LogP contribution is 2.36. The van der Waals surface area contributed by atoms with Gasteiger partial charge in [-0.05, 0) is 36.0 Å². The highest BCUT2D eigenvalue weighted by molar-refractivity contribution is 7.89. The van der Waals surface area contributed by atoms with Crippen LogP contribution in [0.4, 0.5) is 0 Å². The van der Waals surface area contributed by atoms with Gasteiger partial charge in [0.2, 0.25) is 10.0 Å². The molecule has 0 bridgehead atoms. The molecule has 0 amide bonds. The number of aliphatic hydroxyl groups excluding tert-OH is 1. The average molecular weight is 352 g/mol. The molecular weight excluding hydrogens is 333 g/mol. The van der Waals surface area contributed by atoms with Crippen LogP contribution in [0.2, 0.25) is 10.0 Å². The van der Waals surface area contributed by atoms with Crippen molar-refractivity contribution in [2.75, 3.05) is 13.1 Å². The quantitative estimate of drug-likeness (QED) is 0.908. The fraction of sp³-hybridized carbons (Fsp3) is 0.571. The molecule has 1 saturated heterocycles. The van der Waals surface area contributed by atoms with Crippen LogP contribution in [-0.2, 0) is 16.6 Å². The molecule has 21 heavy (non-hydrogen) atoms. The molecule has 118 valence electrons. The van der Waals surface area contributed by atoms with Gasteiger partial charge in [-0.25, -0.2) is 8.42 Å². The lowest BCUT2D eigenvalue weighted by molar-refractivity contribution is 0.196. The number of piperidine rings is 1. The standard InChI is InChI=1S/C14H19Cl2NO3S/c1-14(2)3-5-17(6-4-14)21(19,20)12-8-11(15)7-10(9-18)13(12)16/h7-8,18H,3-6,9H2,1-2H3. The number of sulfonamides is 1. The van der Waals surface area contributed by atoms with Crippen molar-refractivity contribution >= 4 is 33.2 Å². The van der Waals surface area contributed by atoms with Crippen LogP contribution in [0, 0.1) is 5.41 Å². The molecule has 1 aliphatic heterocycles. The van der Waals surface area contributed by atoms with Crippen LogP contribution in [0.3, 0.4) is 0 Å². The molecule has 0 radical (unpaired) electrons. The second kappa shape index (κ2) is 6.05. The van der Waals surface area contributed by atoms with Crippen molar-refractivity contribution in [1.82, 2.24) is 4.31 Å². The highest BCUT2D eigenvalue weighted by atomic mass is 35.5. The Morgan fingerprint density at radius 1 is 1.24 bits per heavy atom. The molecule has 1 heterocycles. The van der Waals surface area contributed by atoms with Crippen molar-refractivity contribution in [3.8, 4) is 0 Å². The number of nitrogens with zero attached hydrogens (tertiary/aromatic N) is 1. The monoisotopic (exact) mass is 351 g/mol. The fourth-order valence-electron chi connectivity index (χ4n) is 2.39. The van der Waals surface area contributed by atoms with E-state index in [1.165, 1.54) is 16.4 Å². The van der Waals surface area contributed by atoms with E-state index in [1.807, 2.05) is 0 Å². The summed E-state index contributed by atoms with van der Waals surface area (Å²) >= 11 is 12.1. The van der Waals surface area contributed by atoms with Gasteiger partial charge in [0.25, 0.3) is 0 Å². The van der Waals surface area contributed by atoms with Gasteiger partial charge in [-0.1, -0.05) is 37.0 Å². The van der Waals surface area contributed by atoms with Gasteiger partial charge in [-0.2, -0.15) is 4.31 Å². The van der Waals surface area contributed by atoms with Crippen LogP contribution in [0.1, 0.15) is 32.3 Å². The number of hydrogen-bond donors (Lipinski definition) is 1. The zero-order chi connectivity index (χ0) is 15.8. The molecule has 0 spiro atoms. The van der Waals surface area contributed by atoms with Crippen LogP contribution in [0.15, 0.2) is 17.0 Å². The summed E-state index contributed by atoms with van der Waals surface area (Å²) in [4.78, 5) is -0.0274. The van der Waals surface area contributed by atoms with Gasteiger partial charge < -0.3 is 5.11 Å². The maximum atomic E-state index is 12.7. The van der Waals surface area contributed by atoms with Crippen LogP contribution >= 0.6 is 23.2 Å². The van der Waals surface area contributed by atoms with E-state index in [4.69, 9.17) is 23.2 Å². The van der Waals surface area contributed by atoms with Gasteiger partial charge in [-0.15, -0.1) is 0 Å². The summed E-state index contributed by atoms with van der Waals surface area (Å²) in [5, 5.41) is 9.56. The van der Waals surface area contributed by atoms with E-state index in [-0.39, 0.29) is 27.0 Å². The SMILES string of the molecule is CC1(C)CCN(S(=O)(=O)c2cc(Cl)cc(CO)c2Cl)CC1. The van der Waals surface area contributed by atoms with E-state index in [2.05, 4.69) is 13.8 Å². The molecule has 1 aliphatic rings. The molecule has 1 aromatic rings. The maximum absolute atomic E-state index is 12.7. The van der Waals surface area contributed by atoms with Gasteiger partial charge in [0, 0.05) is 18.1 Å². The number of halogens is 2. The van der Waals surface area contributed by atoms with E-state index in [0.29, 0.717) is 18.7 Å². The summed E-state index contributed by atoms with van der Waals surface area (Å²) in [7, 11) is -3.69. The Morgan fingerprint density at radius 2 is 1.81 bits per heavy atom. The van der Waals surface area contributed by atoms with Gasteiger partial charge >= 0.3 is 0 Å². The molecule has 0 atom stereocenters. The lowest BCUT2D eigenvalue weighted by Gasteiger charge is -2.36. The zero-order valence-electron chi connectivity index (χ0n) is 12.1. The molecule has 1 fully saturated rings. The predicted molar refractivity (Wildman–Crippen MR) is 84.2 cm³/mol. The Kier molecular flexibility index (Phi) is 4.90. The summed E-state index contributed by atoms with van der Waals surface area (Å²) in [5.74, 6) is 0. The molecule has 0 saturated carbocycles.